The van der Waals surface area contributed by atoms with Gasteiger partial charge in [0.05, 0.1) is 19.8 Å². The van der Waals surface area contributed by atoms with E-state index in [1.54, 1.807) is 42.5 Å². The van der Waals surface area contributed by atoms with Gasteiger partial charge >= 0.3 is 11.9 Å². The third-order valence-corrected chi connectivity index (χ3v) is 4.55. The van der Waals surface area contributed by atoms with Gasteiger partial charge < -0.3 is 19.7 Å². The minimum atomic E-state index is -0.941. The van der Waals surface area contributed by atoms with Gasteiger partial charge in [-0.25, -0.2) is 9.59 Å². The van der Waals surface area contributed by atoms with Gasteiger partial charge in [-0.1, -0.05) is 42.5 Å². The fourth-order valence-electron chi connectivity index (χ4n) is 3.13. The molecule has 0 radical (unpaired) electrons. The average molecular weight is 406 g/mol. The molecule has 0 spiro atoms. The predicted octanol–water partition coefficient (Wildman–Crippen LogP) is 3.57. The molecular formula is C23H18O7. The Morgan fingerprint density at radius 3 is 1.93 bits per heavy atom. The van der Waals surface area contributed by atoms with E-state index < -0.39 is 23.5 Å². The Labute approximate surface area is 172 Å². The third kappa shape index (κ3) is 3.60. The van der Waals surface area contributed by atoms with Crippen molar-refractivity contribution in [1.29, 1.82) is 0 Å². The van der Waals surface area contributed by atoms with Crippen molar-refractivity contribution >= 4 is 17.7 Å². The van der Waals surface area contributed by atoms with E-state index in [1.165, 1.54) is 12.1 Å². The van der Waals surface area contributed by atoms with Crippen LogP contribution in [0.25, 0.3) is 11.1 Å². The van der Waals surface area contributed by atoms with Crippen LogP contribution in [-0.4, -0.2) is 42.2 Å². The Balaban J connectivity index is 2.44. The largest absolute Gasteiger partial charge is 0.507 e. The fraction of sp³-hybridized carbons (Fsp3) is 0.0870. The summed E-state index contributed by atoms with van der Waals surface area (Å²) in [4.78, 5) is 38.2. The van der Waals surface area contributed by atoms with E-state index in [0.29, 0.717) is 5.56 Å². The Hall–Kier alpha value is -4.13. The van der Waals surface area contributed by atoms with Gasteiger partial charge in [0.1, 0.15) is 22.6 Å². The van der Waals surface area contributed by atoms with E-state index in [1.807, 2.05) is 0 Å². The van der Waals surface area contributed by atoms with Crippen molar-refractivity contribution in [1.82, 2.24) is 0 Å². The van der Waals surface area contributed by atoms with Crippen LogP contribution in [-0.2, 0) is 9.47 Å². The highest BCUT2D eigenvalue weighted by Gasteiger charge is 2.31. The van der Waals surface area contributed by atoms with Crippen molar-refractivity contribution < 1.29 is 34.1 Å². The third-order valence-electron chi connectivity index (χ3n) is 4.55. The SMILES string of the molecule is COC(=O)c1cc(C(=O)c2ccccc2O)c(-c2ccccc2)c(C(=O)OC)c1O. The second-order valence-corrected chi connectivity index (χ2v) is 6.27. The van der Waals surface area contributed by atoms with Crippen LogP contribution < -0.4 is 0 Å². The molecule has 3 aromatic carbocycles. The van der Waals surface area contributed by atoms with Crippen LogP contribution in [0.2, 0.25) is 0 Å². The fourth-order valence-corrected chi connectivity index (χ4v) is 3.13. The molecule has 0 aliphatic rings. The number of ether oxygens (including phenoxy) is 2. The number of benzene rings is 3. The van der Waals surface area contributed by atoms with Crippen molar-refractivity contribution in [3.8, 4) is 22.6 Å². The Bertz CT molecular complexity index is 1130. The molecule has 3 rings (SSSR count). The Morgan fingerprint density at radius 1 is 0.733 bits per heavy atom. The molecule has 0 aromatic heterocycles. The van der Waals surface area contributed by atoms with Crippen LogP contribution >= 0.6 is 0 Å². The summed E-state index contributed by atoms with van der Waals surface area (Å²) in [6, 6.07) is 15.4. The molecule has 0 amide bonds. The molecule has 7 heteroatoms. The summed E-state index contributed by atoms with van der Waals surface area (Å²) in [6.07, 6.45) is 0. The van der Waals surface area contributed by atoms with Gasteiger partial charge in [-0.05, 0) is 23.8 Å². The van der Waals surface area contributed by atoms with Gasteiger partial charge in [-0.2, -0.15) is 0 Å². The molecular weight excluding hydrogens is 388 g/mol. The summed E-state index contributed by atoms with van der Waals surface area (Å²) >= 11 is 0. The topological polar surface area (TPSA) is 110 Å². The lowest BCUT2D eigenvalue weighted by atomic mass is 9.87. The van der Waals surface area contributed by atoms with E-state index in [-0.39, 0.29) is 33.6 Å². The van der Waals surface area contributed by atoms with Crippen LogP contribution in [0.1, 0.15) is 36.6 Å². The van der Waals surface area contributed by atoms with Gasteiger partial charge in [0.2, 0.25) is 0 Å². The molecule has 152 valence electrons. The van der Waals surface area contributed by atoms with Gasteiger partial charge in [0.25, 0.3) is 0 Å². The summed E-state index contributed by atoms with van der Waals surface area (Å²) in [5.74, 6) is -3.47. The lowest BCUT2D eigenvalue weighted by Crippen LogP contribution is -2.14. The number of phenolic OH excluding ortho intramolecular Hbond substituents is 2. The summed E-state index contributed by atoms with van der Waals surface area (Å²) < 4.78 is 9.48. The standard InChI is InChI=1S/C23H18O7/c1-29-22(27)16-12-15(20(25)14-10-6-7-11-17(14)24)18(13-8-4-3-5-9-13)19(21(16)26)23(28)30-2/h3-12,24,26H,1-2H3. The van der Waals surface area contributed by atoms with E-state index in [2.05, 4.69) is 4.74 Å². The molecule has 0 atom stereocenters. The number of hydrogen-bond donors (Lipinski definition) is 2. The minimum Gasteiger partial charge on any atom is -0.507 e. The second-order valence-electron chi connectivity index (χ2n) is 6.27. The monoisotopic (exact) mass is 406 g/mol. The molecule has 3 aromatic rings. The first-order chi connectivity index (χ1) is 14.4. The van der Waals surface area contributed by atoms with Crippen LogP contribution in [0, 0.1) is 0 Å². The van der Waals surface area contributed by atoms with Gasteiger partial charge in [0.15, 0.2) is 5.78 Å². The lowest BCUT2D eigenvalue weighted by molar-refractivity contribution is 0.0593. The number of methoxy groups -OCH3 is 2. The Kier molecular flexibility index (Phi) is 5.83. The molecule has 2 N–H and O–H groups in total. The predicted molar refractivity (Wildman–Crippen MR) is 108 cm³/mol. The van der Waals surface area contributed by atoms with E-state index in [0.717, 1.165) is 20.3 Å². The maximum atomic E-state index is 13.4. The van der Waals surface area contributed by atoms with E-state index in [9.17, 15) is 24.6 Å². The smallest absolute Gasteiger partial charge is 0.342 e. The average Bonchev–Trinajstić information content (AvgIpc) is 2.78. The first kappa shape index (κ1) is 20.6. The van der Waals surface area contributed by atoms with Gasteiger partial charge in [-0.3, -0.25) is 4.79 Å². The Morgan fingerprint density at radius 2 is 1.33 bits per heavy atom. The first-order valence-corrected chi connectivity index (χ1v) is 8.85. The van der Waals surface area contributed by atoms with Crippen LogP contribution in [0.4, 0.5) is 0 Å². The zero-order chi connectivity index (χ0) is 21.8. The van der Waals surface area contributed by atoms with Crippen molar-refractivity contribution in [3.63, 3.8) is 0 Å². The first-order valence-electron chi connectivity index (χ1n) is 8.85. The molecule has 0 fully saturated rings. The van der Waals surface area contributed by atoms with Crippen molar-refractivity contribution in [3.05, 3.63) is 82.9 Å². The molecule has 0 saturated carbocycles. The van der Waals surface area contributed by atoms with Crippen LogP contribution in [0.5, 0.6) is 11.5 Å². The lowest BCUT2D eigenvalue weighted by Gasteiger charge is -2.17. The van der Waals surface area contributed by atoms with Crippen LogP contribution in [0.3, 0.4) is 0 Å². The molecule has 30 heavy (non-hydrogen) atoms. The highest BCUT2D eigenvalue weighted by Crippen LogP contribution is 2.39. The molecule has 0 aliphatic heterocycles. The van der Waals surface area contributed by atoms with E-state index >= 15 is 0 Å². The molecule has 7 nitrogen and oxygen atoms in total. The maximum Gasteiger partial charge on any atom is 0.342 e. The molecule has 0 saturated heterocycles. The number of para-hydroxylation sites is 1. The van der Waals surface area contributed by atoms with Gasteiger partial charge in [0, 0.05) is 11.1 Å². The number of hydrogen-bond acceptors (Lipinski definition) is 7. The molecule has 0 unspecified atom stereocenters. The van der Waals surface area contributed by atoms with Crippen LogP contribution in [0.15, 0.2) is 60.7 Å². The zero-order valence-corrected chi connectivity index (χ0v) is 16.2. The summed E-state index contributed by atoms with van der Waals surface area (Å²) in [7, 11) is 2.22. The zero-order valence-electron chi connectivity index (χ0n) is 16.2. The molecule has 0 bridgehead atoms. The number of carbonyl (C=O) groups is 3. The van der Waals surface area contributed by atoms with E-state index in [4.69, 9.17) is 4.74 Å². The van der Waals surface area contributed by atoms with Crippen molar-refractivity contribution in [2.24, 2.45) is 0 Å². The summed E-state index contributed by atoms with van der Waals surface area (Å²) in [6.45, 7) is 0. The number of ketones is 1. The highest BCUT2D eigenvalue weighted by molar-refractivity contribution is 6.19. The quantitative estimate of drug-likeness (QED) is 0.492. The molecule has 0 aliphatic carbocycles. The minimum absolute atomic E-state index is 0.0352. The number of rotatable bonds is 5. The maximum absolute atomic E-state index is 13.4. The van der Waals surface area contributed by atoms with Gasteiger partial charge in [-0.15, -0.1) is 0 Å². The number of phenols is 2. The van der Waals surface area contributed by atoms with Crippen molar-refractivity contribution in [2.45, 2.75) is 0 Å². The number of carbonyl (C=O) groups excluding carboxylic acids is 3. The molecule has 0 heterocycles. The van der Waals surface area contributed by atoms with Crippen molar-refractivity contribution in [2.75, 3.05) is 14.2 Å². The number of esters is 2. The second kappa shape index (κ2) is 8.48. The summed E-state index contributed by atoms with van der Waals surface area (Å²) in [5, 5.41) is 20.9. The summed E-state index contributed by atoms with van der Waals surface area (Å²) in [5.41, 5.74) is -0.348. The number of aromatic hydroxyl groups is 2. The highest BCUT2D eigenvalue weighted by atomic mass is 16.5. The normalized spacial score (nSPS) is 10.3.